The largest absolute Gasteiger partial charge is 0.493 e. The molecule has 3 atom stereocenters. The van der Waals surface area contributed by atoms with Gasteiger partial charge in [0.1, 0.15) is 11.6 Å². The van der Waals surface area contributed by atoms with Crippen LogP contribution < -0.4 is 10.1 Å². The molecule has 1 aliphatic carbocycles. The molecule has 0 radical (unpaired) electrons. The molecule has 5 rings (SSSR count). The average molecular weight is 361 g/mol. The summed E-state index contributed by atoms with van der Waals surface area (Å²) >= 11 is 0. The molecule has 1 N–H and O–H groups in total. The molecule has 138 valence electrons. The molecule has 0 saturated heterocycles. The lowest BCUT2D eigenvalue weighted by molar-refractivity contribution is -0.123. The maximum Gasteiger partial charge on any atom is 0.224 e. The summed E-state index contributed by atoms with van der Waals surface area (Å²) in [6.45, 7) is 2.69. The minimum atomic E-state index is -0.136. The van der Waals surface area contributed by atoms with Crippen molar-refractivity contribution in [3.05, 3.63) is 59.9 Å². The number of benzene rings is 2. The molecule has 1 aromatic heterocycles. The smallest absolute Gasteiger partial charge is 0.224 e. The molecule has 1 amide bonds. The molecule has 0 bridgehead atoms. The minimum absolute atomic E-state index is 0.0136. The predicted octanol–water partition coefficient (Wildman–Crippen LogP) is 3.49. The zero-order chi connectivity index (χ0) is 18.6. The Morgan fingerprint density at radius 3 is 2.89 bits per heavy atom. The van der Waals surface area contributed by atoms with E-state index in [1.807, 2.05) is 50.4 Å². The van der Waals surface area contributed by atoms with Crippen molar-refractivity contribution in [2.45, 2.75) is 31.2 Å². The van der Waals surface area contributed by atoms with Crippen LogP contribution in [0.25, 0.3) is 11.0 Å². The summed E-state index contributed by atoms with van der Waals surface area (Å²) in [7, 11) is 2.00. The van der Waals surface area contributed by atoms with Crippen molar-refractivity contribution in [1.82, 2.24) is 14.9 Å². The van der Waals surface area contributed by atoms with Crippen LogP contribution in [0.3, 0.4) is 0 Å². The fraction of sp³-hybridized carbons (Fsp3) is 0.364. The summed E-state index contributed by atoms with van der Waals surface area (Å²) in [5.74, 6) is 1.94. The highest BCUT2D eigenvalue weighted by molar-refractivity contribution is 5.85. The maximum absolute atomic E-state index is 13.0. The lowest BCUT2D eigenvalue weighted by Crippen LogP contribution is -2.33. The quantitative estimate of drug-likeness (QED) is 0.777. The summed E-state index contributed by atoms with van der Waals surface area (Å²) in [6.07, 6.45) is 1.80. The second-order valence-corrected chi connectivity index (χ2v) is 7.76. The van der Waals surface area contributed by atoms with E-state index in [1.165, 1.54) is 5.56 Å². The Hall–Kier alpha value is -2.82. The van der Waals surface area contributed by atoms with Crippen LogP contribution in [0.2, 0.25) is 0 Å². The van der Waals surface area contributed by atoms with Crippen molar-refractivity contribution >= 4 is 16.9 Å². The van der Waals surface area contributed by atoms with E-state index in [2.05, 4.69) is 22.0 Å². The Bertz CT molecular complexity index is 1040. The van der Waals surface area contributed by atoms with Crippen LogP contribution in [-0.2, 0) is 17.3 Å². The highest BCUT2D eigenvalue weighted by atomic mass is 16.5. The van der Waals surface area contributed by atoms with Crippen molar-refractivity contribution in [3.8, 4) is 5.75 Å². The molecule has 3 aromatic rings. The number of carbonyl (C=O) groups is 1. The van der Waals surface area contributed by atoms with E-state index >= 15 is 0 Å². The Morgan fingerprint density at radius 2 is 2.04 bits per heavy atom. The van der Waals surface area contributed by atoms with Gasteiger partial charge in [0.05, 0.1) is 23.7 Å². The summed E-state index contributed by atoms with van der Waals surface area (Å²) in [6, 6.07) is 16.0. The fourth-order valence-corrected chi connectivity index (χ4v) is 4.63. The molecule has 1 spiro atoms. The second-order valence-electron chi connectivity index (χ2n) is 7.76. The number of aryl methyl sites for hydroxylation is 1. The van der Waals surface area contributed by atoms with E-state index in [9.17, 15) is 4.79 Å². The van der Waals surface area contributed by atoms with E-state index in [0.29, 0.717) is 6.61 Å². The van der Waals surface area contributed by atoms with Crippen LogP contribution in [-0.4, -0.2) is 22.1 Å². The monoisotopic (exact) mass is 361 g/mol. The number of carbonyl (C=O) groups excluding carboxylic acids is 1. The molecule has 5 heteroatoms. The fourth-order valence-electron chi connectivity index (χ4n) is 4.63. The number of nitrogens with zero attached hydrogens (tertiary/aromatic N) is 2. The number of hydrogen-bond donors (Lipinski definition) is 1. The summed E-state index contributed by atoms with van der Waals surface area (Å²) in [5, 5.41) is 3.20. The highest BCUT2D eigenvalue weighted by Crippen LogP contribution is 2.60. The third-order valence-corrected chi connectivity index (χ3v) is 6.19. The summed E-state index contributed by atoms with van der Waals surface area (Å²) in [5.41, 5.74) is 3.17. The van der Waals surface area contributed by atoms with Gasteiger partial charge in [0.2, 0.25) is 5.91 Å². The number of imidazole rings is 1. The van der Waals surface area contributed by atoms with Crippen molar-refractivity contribution in [2.24, 2.45) is 13.0 Å². The third-order valence-electron chi connectivity index (χ3n) is 6.19. The standard InChI is InChI=1S/C22H23N3O2/c1-14(20-24-17-8-4-5-9-18(17)25(20)2)23-21(26)16-13-22(16)11-12-27-19-10-6-3-7-15(19)22/h3-10,14,16H,11-13H2,1-2H3,(H,23,26)/t14-,16+,22+/m1/s1. The highest BCUT2D eigenvalue weighted by Gasteiger charge is 2.61. The average Bonchev–Trinajstić information content (AvgIpc) is 3.30. The van der Waals surface area contributed by atoms with Gasteiger partial charge in [-0.3, -0.25) is 4.79 Å². The Kier molecular flexibility index (Phi) is 3.54. The molecule has 1 aliphatic heterocycles. The van der Waals surface area contributed by atoms with Crippen LogP contribution in [0.1, 0.15) is 37.2 Å². The number of fused-ring (bicyclic) bond motifs is 3. The maximum atomic E-state index is 13.0. The first-order chi connectivity index (χ1) is 13.1. The number of nitrogens with one attached hydrogen (secondary N) is 1. The van der Waals surface area contributed by atoms with E-state index < -0.39 is 0 Å². The molecule has 1 fully saturated rings. The SMILES string of the molecule is C[C@@H](NC(=O)[C@@H]1C[C@]12CCOc1ccccc12)c1nc2ccccc2n1C. The van der Waals surface area contributed by atoms with E-state index in [-0.39, 0.29) is 23.3 Å². The van der Waals surface area contributed by atoms with Gasteiger partial charge < -0.3 is 14.6 Å². The lowest BCUT2D eigenvalue weighted by atomic mass is 9.87. The first-order valence-corrected chi connectivity index (χ1v) is 9.54. The zero-order valence-electron chi connectivity index (χ0n) is 15.6. The van der Waals surface area contributed by atoms with Crippen LogP contribution in [0, 0.1) is 5.92 Å². The minimum Gasteiger partial charge on any atom is -0.493 e. The number of para-hydroxylation sites is 3. The van der Waals surface area contributed by atoms with E-state index in [0.717, 1.165) is 35.4 Å². The van der Waals surface area contributed by atoms with Gasteiger partial charge in [0.15, 0.2) is 0 Å². The Balaban J connectivity index is 1.37. The molecule has 2 heterocycles. The van der Waals surface area contributed by atoms with Crippen molar-refractivity contribution in [2.75, 3.05) is 6.61 Å². The van der Waals surface area contributed by atoms with Gasteiger partial charge in [0.25, 0.3) is 0 Å². The van der Waals surface area contributed by atoms with Gasteiger partial charge in [-0.25, -0.2) is 4.98 Å². The number of amides is 1. The van der Waals surface area contributed by atoms with Gasteiger partial charge in [-0.05, 0) is 38.0 Å². The molecule has 0 unspecified atom stereocenters. The number of ether oxygens (including phenoxy) is 1. The summed E-state index contributed by atoms with van der Waals surface area (Å²) < 4.78 is 7.84. The van der Waals surface area contributed by atoms with Crippen molar-refractivity contribution < 1.29 is 9.53 Å². The lowest BCUT2D eigenvalue weighted by Gasteiger charge is -2.27. The first-order valence-electron chi connectivity index (χ1n) is 9.54. The van der Waals surface area contributed by atoms with Crippen LogP contribution in [0.4, 0.5) is 0 Å². The molecule has 27 heavy (non-hydrogen) atoms. The molecule has 1 saturated carbocycles. The number of aromatic nitrogens is 2. The third kappa shape index (κ3) is 2.45. The molecule has 2 aromatic carbocycles. The molecule has 5 nitrogen and oxygen atoms in total. The zero-order valence-corrected chi connectivity index (χ0v) is 15.6. The number of hydrogen-bond acceptors (Lipinski definition) is 3. The first kappa shape index (κ1) is 16.4. The van der Waals surface area contributed by atoms with E-state index in [4.69, 9.17) is 9.72 Å². The summed E-state index contributed by atoms with van der Waals surface area (Å²) in [4.78, 5) is 17.7. The van der Waals surface area contributed by atoms with Gasteiger partial charge in [-0.15, -0.1) is 0 Å². The molecule has 2 aliphatic rings. The van der Waals surface area contributed by atoms with Crippen LogP contribution in [0.15, 0.2) is 48.5 Å². The topological polar surface area (TPSA) is 56.1 Å². The van der Waals surface area contributed by atoms with E-state index in [1.54, 1.807) is 0 Å². The molecular weight excluding hydrogens is 338 g/mol. The van der Waals surface area contributed by atoms with Gasteiger partial charge in [-0.1, -0.05) is 30.3 Å². The van der Waals surface area contributed by atoms with Gasteiger partial charge in [-0.2, -0.15) is 0 Å². The molecular formula is C22H23N3O2. The van der Waals surface area contributed by atoms with Crippen molar-refractivity contribution in [1.29, 1.82) is 0 Å². The van der Waals surface area contributed by atoms with Gasteiger partial charge in [0, 0.05) is 23.9 Å². The van der Waals surface area contributed by atoms with Crippen LogP contribution >= 0.6 is 0 Å². The van der Waals surface area contributed by atoms with Crippen molar-refractivity contribution in [3.63, 3.8) is 0 Å². The second kappa shape index (κ2) is 5.84. The predicted molar refractivity (Wildman–Crippen MR) is 104 cm³/mol. The Morgan fingerprint density at radius 1 is 1.26 bits per heavy atom. The normalized spacial score (nSPS) is 24.3. The van der Waals surface area contributed by atoms with Crippen LogP contribution in [0.5, 0.6) is 5.75 Å². The van der Waals surface area contributed by atoms with Gasteiger partial charge >= 0.3 is 0 Å². The number of rotatable bonds is 3. The Labute approximate surface area is 158 Å².